The van der Waals surface area contributed by atoms with E-state index < -0.39 is 11.8 Å². The van der Waals surface area contributed by atoms with Crippen LogP contribution in [0.1, 0.15) is 29.3 Å². The monoisotopic (exact) mass is 342 g/mol. The normalized spacial score (nSPS) is 27.9. The number of carbonyl (C=O) groups is 1. The third-order valence-corrected chi connectivity index (χ3v) is 4.54. The maximum absolute atomic E-state index is 11.3. The van der Waals surface area contributed by atoms with Gasteiger partial charge in [0.15, 0.2) is 11.5 Å². The van der Waals surface area contributed by atoms with Crippen LogP contribution in [0.3, 0.4) is 0 Å². The van der Waals surface area contributed by atoms with Gasteiger partial charge in [-0.15, -0.1) is 0 Å². The minimum absolute atomic E-state index is 0.134. The molecule has 2 aliphatic rings. The molecule has 2 heterocycles. The second-order valence-corrected chi connectivity index (χ2v) is 6.13. The lowest BCUT2D eigenvalue weighted by Crippen LogP contribution is -2.43. The fourth-order valence-corrected chi connectivity index (χ4v) is 3.17. The molecule has 0 saturated carbocycles. The van der Waals surface area contributed by atoms with Gasteiger partial charge >= 0.3 is 5.97 Å². The molecule has 1 fully saturated rings. The van der Waals surface area contributed by atoms with Crippen LogP contribution >= 0.6 is 15.9 Å². The number of carboxylic acids is 1. The number of ether oxygens (including phenoxy) is 3. The highest BCUT2D eigenvalue weighted by atomic mass is 79.9. The van der Waals surface area contributed by atoms with Gasteiger partial charge in [0.05, 0.1) is 22.6 Å². The molecular weight excluding hydrogens is 328 g/mol. The number of carboxylic acid groups (broad SMARTS) is 1. The van der Waals surface area contributed by atoms with Crippen LogP contribution in [-0.4, -0.2) is 30.1 Å². The summed E-state index contributed by atoms with van der Waals surface area (Å²) in [6.45, 7) is 4.89. The Hall–Kier alpha value is -1.27. The quantitative estimate of drug-likeness (QED) is 0.894. The number of rotatable bonds is 2. The molecule has 6 heteroatoms. The number of aromatic carboxylic acids is 1. The molecule has 5 nitrogen and oxygen atoms in total. The van der Waals surface area contributed by atoms with Crippen molar-refractivity contribution in [3.63, 3.8) is 0 Å². The Balaban J connectivity index is 2.02. The number of hydrogen-bond acceptors (Lipinski definition) is 4. The summed E-state index contributed by atoms with van der Waals surface area (Å²) in [5.74, 6) is -0.571. The van der Waals surface area contributed by atoms with Gasteiger partial charge in [-0.25, -0.2) is 4.79 Å². The summed E-state index contributed by atoms with van der Waals surface area (Å²) in [5.41, 5.74) is 0.796. The van der Waals surface area contributed by atoms with Crippen molar-refractivity contribution in [2.45, 2.75) is 26.1 Å². The molecule has 3 rings (SSSR count). The third-order valence-electron chi connectivity index (χ3n) is 3.95. The molecule has 108 valence electrons. The summed E-state index contributed by atoms with van der Waals surface area (Å²) in [6.07, 6.45) is 0.868. The number of fused-ring (bicyclic) bond motifs is 1. The van der Waals surface area contributed by atoms with Crippen LogP contribution in [0.4, 0.5) is 0 Å². The largest absolute Gasteiger partial charge is 0.478 e. The van der Waals surface area contributed by atoms with Crippen molar-refractivity contribution in [2.75, 3.05) is 13.2 Å². The Morgan fingerprint density at radius 3 is 2.75 bits per heavy atom. The lowest BCUT2D eigenvalue weighted by Gasteiger charge is -2.28. The van der Waals surface area contributed by atoms with Crippen LogP contribution in [0, 0.1) is 12.8 Å². The molecule has 0 amide bonds. The van der Waals surface area contributed by atoms with E-state index in [0.29, 0.717) is 34.7 Å². The van der Waals surface area contributed by atoms with E-state index in [1.807, 2.05) is 6.92 Å². The van der Waals surface area contributed by atoms with Gasteiger partial charge in [-0.3, -0.25) is 0 Å². The van der Waals surface area contributed by atoms with Gasteiger partial charge in [0.1, 0.15) is 0 Å². The van der Waals surface area contributed by atoms with Crippen molar-refractivity contribution in [3.8, 4) is 11.5 Å². The zero-order valence-electron chi connectivity index (χ0n) is 11.2. The average Bonchev–Trinajstić information content (AvgIpc) is 3.01. The van der Waals surface area contributed by atoms with E-state index in [2.05, 4.69) is 15.9 Å². The lowest BCUT2D eigenvalue weighted by atomic mass is 9.99. The molecule has 2 unspecified atom stereocenters. The first-order valence-electron chi connectivity index (χ1n) is 6.44. The van der Waals surface area contributed by atoms with Crippen LogP contribution in [0.5, 0.6) is 11.5 Å². The number of halogens is 1. The molecular formula is C14H15BrO5. The summed E-state index contributed by atoms with van der Waals surface area (Å²) in [4.78, 5) is 11.3. The molecule has 2 aliphatic heterocycles. The van der Waals surface area contributed by atoms with Crippen molar-refractivity contribution < 1.29 is 24.1 Å². The van der Waals surface area contributed by atoms with Gasteiger partial charge in [0.2, 0.25) is 0 Å². The van der Waals surface area contributed by atoms with E-state index in [1.165, 1.54) is 0 Å². The van der Waals surface area contributed by atoms with Gasteiger partial charge < -0.3 is 19.3 Å². The van der Waals surface area contributed by atoms with Crippen molar-refractivity contribution in [1.29, 1.82) is 0 Å². The predicted octanol–water partition coefficient (Wildman–Crippen LogP) is 2.98. The SMILES string of the molecule is Cc1c(C(=O)O)cc(Br)c2c1OC(C)(C1CCOC1)O2. The van der Waals surface area contributed by atoms with E-state index >= 15 is 0 Å². The predicted molar refractivity (Wildman–Crippen MR) is 74.4 cm³/mol. The summed E-state index contributed by atoms with van der Waals surface area (Å²) in [7, 11) is 0. The molecule has 0 bridgehead atoms. The first kappa shape index (κ1) is 13.7. The van der Waals surface area contributed by atoms with Crippen LogP contribution in [0.25, 0.3) is 0 Å². The second kappa shape index (κ2) is 4.63. The molecule has 1 aromatic carbocycles. The Kier molecular flexibility index (Phi) is 3.17. The van der Waals surface area contributed by atoms with Gasteiger partial charge in [-0.05, 0) is 35.3 Å². The standard InChI is InChI=1S/C14H15BrO5/c1-7-9(13(16)17)5-10(15)12-11(7)19-14(2,20-12)8-3-4-18-6-8/h5,8H,3-4,6H2,1-2H3,(H,16,17). The van der Waals surface area contributed by atoms with Crippen molar-refractivity contribution >= 4 is 21.9 Å². The highest BCUT2D eigenvalue weighted by molar-refractivity contribution is 9.10. The van der Waals surface area contributed by atoms with Crippen LogP contribution in [-0.2, 0) is 4.74 Å². The van der Waals surface area contributed by atoms with E-state index in [0.717, 1.165) is 6.42 Å². The summed E-state index contributed by atoms with van der Waals surface area (Å²) in [5, 5.41) is 9.23. The first-order chi connectivity index (χ1) is 9.42. The molecule has 1 saturated heterocycles. The molecule has 0 aromatic heterocycles. The van der Waals surface area contributed by atoms with Crippen LogP contribution < -0.4 is 9.47 Å². The van der Waals surface area contributed by atoms with Gasteiger partial charge in [-0.1, -0.05) is 0 Å². The Morgan fingerprint density at radius 2 is 2.15 bits per heavy atom. The van der Waals surface area contributed by atoms with Crippen molar-refractivity contribution in [2.24, 2.45) is 5.92 Å². The summed E-state index contributed by atoms with van der Waals surface area (Å²) >= 11 is 3.36. The molecule has 20 heavy (non-hydrogen) atoms. The smallest absolute Gasteiger partial charge is 0.336 e. The fraction of sp³-hybridized carbons (Fsp3) is 0.500. The summed E-state index contributed by atoms with van der Waals surface area (Å²) in [6, 6.07) is 1.55. The average molecular weight is 343 g/mol. The van der Waals surface area contributed by atoms with Crippen molar-refractivity contribution in [1.82, 2.24) is 0 Å². The van der Waals surface area contributed by atoms with Gasteiger partial charge in [0.25, 0.3) is 5.79 Å². The maximum atomic E-state index is 11.3. The molecule has 2 atom stereocenters. The van der Waals surface area contributed by atoms with Gasteiger partial charge in [0, 0.05) is 19.1 Å². The Bertz CT molecular complexity index is 579. The Morgan fingerprint density at radius 1 is 1.45 bits per heavy atom. The van der Waals surface area contributed by atoms with E-state index in [-0.39, 0.29) is 11.5 Å². The number of hydrogen-bond donors (Lipinski definition) is 1. The van der Waals surface area contributed by atoms with Gasteiger partial charge in [-0.2, -0.15) is 0 Å². The maximum Gasteiger partial charge on any atom is 0.336 e. The first-order valence-corrected chi connectivity index (χ1v) is 7.24. The molecule has 0 radical (unpaired) electrons. The molecule has 1 N–H and O–H groups in total. The zero-order valence-corrected chi connectivity index (χ0v) is 12.8. The zero-order chi connectivity index (χ0) is 14.5. The minimum Gasteiger partial charge on any atom is -0.478 e. The van der Waals surface area contributed by atoms with Crippen LogP contribution in [0.2, 0.25) is 0 Å². The highest BCUT2D eigenvalue weighted by Crippen LogP contribution is 2.50. The lowest BCUT2D eigenvalue weighted by molar-refractivity contribution is -0.110. The van der Waals surface area contributed by atoms with E-state index in [4.69, 9.17) is 14.2 Å². The number of benzene rings is 1. The molecule has 0 spiro atoms. The second-order valence-electron chi connectivity index (χ2n) is 5.27. The fourth-order valence-electron chi connectivity index (χ4n) is 2.68. The topological polar surface area (TPSA) is 65.0 Å². The molecule has 0 aliphatic carbocycles. The minimum atomic E-state index is -0.979. The highest BCUT2D eigenvalue weighted by Gasteiger charge is 2.47. The van der Waals surface area contributed by atoms with E-state index in [1.54, 1.807) is 13.0 Å². The molecule has 1 aromatic rings. The Labute approximate surface area is 125 Å². The summed E-state index contributed by atoms with van der Waals surface area (Å²) < 4.78 is 18.0. The van der Waals surface area contributed by atoms with Crippen molar-refractivity contribution in [3.05, 3.63) is 21.7 Å². The third kappa shape index (κ3) is 1.98. The van der Waals surface area contributed by atoms with Crippen LogP contribution in [0.15, 0.2) is 10.5 Å². The van der Waals surface area contributed by atoms with E-state index in [9.17, 15) is 9.90 Å².